The molecule has 3 heterocycles. The van der Waals surface area contributed by atoms with Crippen molar-refractivity contribution in [3.8, 4) is 0 Å². The summed E-state index contributed by atoms with van der Waals surface area (Å²) in [6.45, 7) is 4.40. The van der Waals surface area contributed by atoms with E-state index in [0.717, 1.165) is 24.6 Å². The van der Waals surface area contributed by atoms with E-state index in [4.69, 9.17) is 16.3 Å². The van der Waals surface area contributed by atoms with E-state index in [1.165, 1.54) is 0 Å². The highest BCUT2D eigenvalue weighted by atomic mass is 35.5. The molecule has 0 amide bonds. The van der Waals surface area contributed by atoms with Crippen LogP contribution in [0.5, 0.6) is 0 Å². The minimum Gasteiger partial charge on any atom is -0.375 e. The second-order valence-electron chi connectivity index (χ2n) is 4.17. The summed E-state index contributed by atoms with van der Waals surface area (Å²) in [5, 5.41) is 0.477. The Kier molecular flexibility index (Phi) is 2.64. The number of fused-ring (bicyclic) bond motifs is 1. The fraction of sp³-hybridized carbons (Fsp3) is 0.455. The Morgan fingerprint density at radius 1 is 1.53 bits per heavy atom. The summed E-state index contributed by atoms with van der Waals surface area (Å²) in [7, 11) is 0. The van der Waals surface area contributed by atoms with E-state index in [2.05, 4.69) is 21.8 Å². The Morgan fingerprint density at radius 2 is 2.41 bits per heavy atom. The predicted molar refractivity (Wildman–Crippen MR) is 65.6 cm³/mol. The zero-order chi connectivity index (χ0) is 11.8. The first-order chi connectivity index (χ1) is 8.24. The normalized spacial score (nSPS) is 21.1. The lowest BCUT2D eigenvalue weighted by Crippen LogP contribution is -2.41. The van der Waals surface area contributed by atoms with Crippen LogP contribution in [0, 0.1) is 0 Å². The first kappa shape index (κ1) is 10.8. The van der Waals surface area contributed by atoms with Crippen molar-refractivity contribution in [1.82, 2.24) is 14.4 Å². The van der Waals surface area contributed by atoms with Crippen molar-refractivity contribution in [2.45, 2.75) is 13.0 Å². The van der Waals surface area contributed by atoms with E-state index in [0.29, 0.717) is 11.8 Å². The summed E-state index contributed by atoms with van der Waals surface area (Å²) < 4.78 is 7.42. The fourth-order valence-corrected chi connectivity index (χ4v) is 2.29. The van der Waals surface area contributed by atoms with Crippen molar-refractivity contribution in [2.75, 3.05) is 24.6 Å². The Balaban J connectivity index is 2.06. The fourth-order valence-electron chi connectivity index (χ4n) is 2.11. The molecule has 0 bridgehead atoms. The van der Waals surface area contributed by atoms with Gasteiger partial charge in [-0.15, -0.1) is 0 Å². The van der Waals surface area contributed by atoms with Gasteiger partial charge in [-0.2, -0.15) is 0 Å². The molecule has 1 saturated heterocycles. The minimum absolute atomic E-state index is 0.208. The third-order valence-electron chi connectivity index (χ3n) is 2.87. The van der Waals surface area contributed by atoms with Gasteiger partial charge in [0.2, 0.25) is 0 Å². The van der Waals surface area contributed by atoms with Gasteiger partial charge in [0, 0.05) is 31.7 Å². The predicted octanol–water partition coefficient (Wildman–Crippen LogP) is 1.61. The number of hydrogen-bond donors (Lipinski definition) is 0. The summed E-state index contributed by atoms with van der Waals surface area (Å²) in [6, 6.07) is 0. The summed E-state index contributed by atoms with van der Waals surface area (Å²) in [5.74, 6) is 0.831. The van der Waals surface area contributed by atoms with Gasteiger partial charge in [0.05, 0.1) is 12.7 Å². The molecule has 2 aromatic rings. The molecule has 0 aromatic carbocycles. The third-order valence-corrected chi connectivity index (χ3v) is 3.05. The molecule has 1 fully saturated rings. The Labute approximate surface area is 104 Å². The minimum atomic E-state index is 0.208. The van der Waals surface area contributed by atoms with Gasteiger partial charge in [0.25, 0.3) is 0 Å². The molecule has 1 aliphatic heterocycles. The highest BCUT2D eigenvalue weighted by Crippen LogP contribution is 2.22. The molecule has 0 spiro atoms. The summed E-state index contributed by atoms with van der Waals surface area (Å²) in [5.41, 5.74) is 0.837. The van der Waals surface area contributed by atoms with Crippen LogP contribution in [0.25, 0.3) is 5.65 Å². The lowest BCUT2D eigenvalue weighted by atomic mass is 10.3. The van der Waals surface area contributed by atoms with E-state index < -0.39 is 0 Å². The zero-order valence-electron chi connectivity index (χ0n) is 9.51. The molecule has 6 heteroatoms. The molecule has 0 saturated carbocycles. The van der Waals surface area contributed by atoms with Gasteiger partial charge in [-0.1, -0.05) is 11.6 Å². The number of aromatic nitrogens is 3. The van der Waals surface area contributed by atoms with E-state index in [1.54, 1.807) is 12.4 Å². The molecule has 2 aromatic heterocycles. The Hall–Kier alpha value is -1.33. The molecule has 0 aliphatic carbocycles. The van der Waals surface area contributed by atoms with Gasteiger partial charge in [0.1, 0.15) is 5.15 Å². The molecule has 17 heavy (non-hydrogen) atoms. The Morgan fingerprint density at radius 3 is 3.24 bits per heavy atom. The summed E-state index contributed by atoms with van der Waals surface area (Å²) >= 11 is 6.02. The van der Waals surface area contributed by atoms with E-state index in [1.807, 2.05) is 10.6 Å². The number of rotatable bonds is 1. The maximum atomic E-state index is 6.02. The van der Waals surface area contributed by atoms with E-state index >= 15 is 0 Å². The van der Waals surface area contributed by atoms with E-state index in [-0.39, 0.29) is 6.10 Å². The quantitative estimate of drug-likeness (QED) is 0.773. The van der Waals surface area contributed by atoms with Crippen LogP contribution in [0.1, 0.15) is 6.92 Å². The molecule has 1 aliphatic rings. The molecule has 0 unspecified atom stereocenters. The molecule has 1 atom stereocenters. The van der Waals surface area contributed by atoms with Crippen LogP contribution in [-0.2, 0) is 4.74 Å². The monoisotopic (exact) mass is 252 g/mol. The molecule has 90 valence electrons. The summed E-state index contributed by atoms with van der Waals surface area (Å²) in [6.07, 6.45) is 5.59. The molecule has 0 N–H and O–H groups in total. The lowest BCUT2D eigenvalue weighted by Gasteiger charge is -2.32. The van der Waals surface area contributed by atoms with Crippen LogP contribution >= 0.6 is 11.6 Å². The first-order valence-electron chi connectivity index (χ1n) is 5.60. The topological polar surface area (TPSA) is 42.7 Å². The van der Waals surface area contributed by atoms with Gasteiger partial charge in [0.15, 0.2) is 11.5 Å². The van der Waals surface area contributed by atoms with Crippen LogP contribution in [-0.4, -0.2) is 40.2 Å². The average Bonchev–Trinajstić information content (AvgIpc) is 2.75. The maximum Gasteiger partial charge on any atom is 0.180 e. The van der Waals surface area contributed by atoms with Crippen molar-refractivity contribution in [3.05, 3.63) is 23.7 Å². The number of anilines is 1. The van der Waals surface area contributed by atoms with Crippen LogP contribution in [0.3, 0.4) is 0 Å². The molecular weight excluding hydrogens is 240 g/mol. The van der Waals surface area contributed by atoms with Gasteiger partial charge in [-0.25, -0.2) is 9.97 Å². The molecule has 3 rings (SSSR count). The van der Waals surface area contributed by atoms with Crippen molar-refractivity contribution in [2.24, 2.45) is 0 Å². The van der Waals surface area contributed by atoms with Crippen molar-refractivity contribution < 1.29 is 4.74 Å². The highest BCUT2D eigenvalue weighted by molar-refractivity contribution is 6.29. The average molecular weight is 253 g/mol. The van der Waals surface area contributed by atoms with Crippen LogP contribution in [0.4, 0.5) is 5.82 Å². The SMILES string of the molecule is C[C@@H]1CN(c2nc(Cl)cn3ccnc23)CCO1. The Bertz CT molecular complexity index is 541. The smallest absolute Gasteiger partial charge is 0.180 e. The number of hydrogen-bond acceptors (Lipinski definition) is 4. The van der Waals surface area contributed by atoms with Crippen LogP contribution in [0.2, 0.25) is 5.15 Å². The van der Waals surface area contributed by atoms with Crippen LogP contribution < -0.4 is 4.90 Å². The van der Waals surface area contributed by atoms with Gasteiger partial charge in [-0.05, 0) is 6.92 Å². The van der Waals surface area contributed by atoms with Crippen molar-refractivity contribution in [1.29, 1.82) is 0 Å². The maximum absolute atomic E-state index is 6.02. The largest absolute Gasteiger partial charge is 0.375 e. The molecule has 0 radical (unpaired) electrons. The third kappa shape index (κ3) is 1.96. The highest BCUT2D eigenvalue weighted by Gasteiger charge is 2.21. The number of halogens is 1. The number of imidazole rings is 1. The first-order valence-corrected chi connectivity index (χ1v) is 5.97. The van der Waals surface area contributed by atoms with Crippen LogP contribution in [0.15, 0.2) is 18.6 Å². The number of morpholine rings is 1. The van der Waals surface area contributed by atoms with Gasteiger partial charge < -0.3 is 14.0 Å². The number of nitrogens with zero attached hydrogens (tertiary/aromatic N) is 4. The molecule has 5 nitrogen and oxygen atoms in total. The second kappa shape index (κ2) is 4.16. The molecular formula is C11H13ClN4O. The number of ether oxygens (including phenoxy) is 1. The standard InChI is InChI=1S/C11H13ClN4O/c1-8-6-16(4-5-17-8)11-10-13-2-3-15(10)7-9(12)14-11/h2-3,7-8H,4-6H2,1H3/t8-/m1/s1. The van der Waals surface area contributed by atoms with Gasteiger partial charge >= 0.3 is 0 Å². The van der Waals surface area contributed by atoms with Gasteiger partial charge in [-0.3, -0.25) is 0 Å². The van der Waals surface area contributed by atoms with Crippen molar-refractivity contribution >= 4 is 23.1 Å². The van der Waals surface area contributed by atoms with Crippen molar-refractivity contribution in [3.63, 3.8) is 0 Å². The second-order valence-corrected chi connectivity index (χ2v) is 4.56. The lowest BCUT2D eigenvalue weighted by molar-refractivity contribution is 0.0530. The van der Waals surface area contributed by atoms with E-state index in [9.17, 15) is 0 Å². The summed E-state index contributed by atoms with van der Waals surface area (Å²) in [4.78, 5) is 10.9. The zero-order valence-corrected chi connectivity index (χ0v) is 10.3.